The van der Waals surface area contributed by atoms with Crippen molar-refractivity contribution in [2.24, 2.45) is 0 Å². The first-order valence-electron chi connectivity index (χ1n) is 4.01. The Hall–Kier alpha value is -0.860. The van der Waals surface area contributed by atoms with Crippen LogP contribution in [0.25, 0.3) is 0 Å². The summed E-state index contributed by atoms with van der Waals surface area (Å²) in [5.74, 6) is 0. The maximum Gasteiger partial charge on any atom is 0.102 e. The molecular weight excluding hydrogens is 152 g/mol. The molecule has 12 heavy (non-hydrogen) atoms. The second-order valence-corrected chi connectivity index (χ2v) is 3.06. The van der Waals surface area contributed by atoms with Gasteiger partial charge in [-0.1, -0.05) is 23.8 Å². The van der Waals surface area contributed by atoms with E-state index in [0.29, 0.717) is 0 Å². The van der Waals surface area contributed by atoms with Crippen molar-refractivity contribution >= 4 is 0 Å². The Morgan fingerprint density at radius 3 is 2.50 bits per heavy atom. The van der Waals surface area contributed by atoms with E-state index in [9.17, 15) is 5.11 Å². The van der Waals surface area contributed by atoms with Gasteiger partial charge in [0.15, 0.2) is 0 Å². The first kappa shape index (κ1) is 9.23. The lowest BCUT2D eigenvalue weighted by Crippen LogP contribution is -2.04. The van der Waals surface area contributed by atoms with Crippen molar-refractivity contribution in [3.8, 4) is 0 Å². The Kier molecular flexibility index (Phi) is 2.84. The maximum atomic E-state index is 9.35. The number of aryl methyl sites for hydroxylation is 2. The predicted octanol–water partition coefficient (Wildman–Crippen LogP) is 1.33. The Bertz CT molecular complexity index is 269. The summed E-state index contributed by atoms with van der Waals surface area (Å²) in [6.07, 6.45) is -0.745. The fourth-order valence-electron chi connectivity index (χ4n) is 1.30. The lowest BCUT2D eigenvalue weighted by atomic mass is 10.0. The Balaban J connectivity index is 3.01. The van der Waals surface area contributed by atoms with E-state index >= 15 is 0 Å². The minimum absolute atomic E-state index is 0.218. The van der Waals surface area contributed by atoms with Gasteiger partial charge >= 0.3 is 0 Å². The third-order valence-corrected chi connectivity index (χ3v) is 1.96. The quantitative estimate of drug-likeness (QED) is 0.695. The van der Waals surface area contributed by atoms with Gasteiger partial charge in [0.25, 0.3) is 0 Å². The Labute approximate surface area is 72.5 Å². The monoisotopic (exact) mass is 166 g/mol. The van der Waals surface area contributed by atoms with Crippen LogP contribution in [0.2, 0.25) is 0 Å². The minimum Gasteiger partial charge on any atom is -0.393 e. The van der Waals surface area contributed by atoms with Crippen LogP contribution in [-0.4, -0.2) is 16.8 Å². The fraction of sp³-hybridized carbons (Fsp3) is 0.400. The molecule has 0 radical (unpaired) electrons. The van der Waals surface area contributed by atoms with Crippen molar-refractivity contribution in [1.29, 1.82) is 0 Å². The molecule has 0 aliphatic heterocycles. The molecule has 0 bridgehead atoms. The molecule has 0 aliphatic rings. The van der Waals surface area contributed by atoms with Gasteiger partial charge in [-0.25, -0.2) is 0 Å². The van der Waals surface area contributed by atoms with Gasteiger partial charge in [0, 0.05) is 0 Å². The van der Waals surface area contributed by atoms with Crippen LogP contribution in [0.1, 0.15) is 22.8 Å². The van der Waals surface area contributed by atoms with Crippen molar-refractivity contribution in [2.75, 3.05) is 6.61 Å². The van der Waals surface area contributed by atoms with E-state index in [-0.39, 0.29) is 6.61 Å². The van der Waals surface area contributed by atoms with Crippen LogP contribution < -0.4 is 0 Å². The summed E-state index contributed by atoms with van der Waals surface area (Å²) in [5, 5.41) is 18.1. The SMILES string of the molecule is Cc1ccc([C@H](O)CO)c(C)c1. The molecule has 0 saturated carbocycles. The van der Waals surface area contributed by atoms with Gasteiger partial charge < -0.3 is 10.2 Å². The smallest absolute Gasteiger partial charge is 0.102 e. The van der Waals surface area contributed by atoms with Crippen LogP contribution in [0.3, 0.4) is 0 Å². The van der Waals surface area contributed by atoms with Gasteiger partial charge in [-0.05, 0) is 25.0 Å². The molecule has 2 N–H and O–H groups in total. The summed E-state index contributed by atoms with van der Waals surface area (Å²) in [5.41, 5.74) is 3.00. The average molecular weight is 166 g/mol. The fourth-order valence-corrected chi connectivity index (χ4v) is 1.30. The minimum atomic E-state index is -0.745. The first-order chi connectivity index (χ1) is 5.65. The summed E-state index contributed by atoms with van der Waals surface area (Å²) in [6.45, 7) is 3.72. The summed E-state index contributed by atoms with van der Waals surface area (Å²) in [4.78, 5) is 0. The molecule has 1 rings (SSSR count). The number of rotatable bonds is 2. The molecule has 0 aliphatic carbocycles. The molecule has 1 aromatic rings. The Morgan fingerprint density at radius 2 is 2.00 bits per heavy atom. The highest BCUT2D eigenvalue weighted by Gasteiger charge is 2.07. The first-order valence-corrected chi connectivity index (χ1v) is 4.01. The van der Waals surface area contributed by atoms with Gasteiger partial charge in [0.05, 0.1) is 6.61 Å². The second kappa shape index (κ2) is 3.70. The molecule has 0 heterocycles. The number of aliphatic hydroxyl groups is 2. The molecule has 0 spiro atoms. The molecule has 2 nitrogen and oxygen atoms in total. The highest BCUT2D eigenvalue weighted by atomic mass is 16.3. The number of hydrogen-bond acceptors (Lipinski definition) is 2. The van der Waals surface area contributed by atoms with Gasteiger partial charge in [-0.15, -0.1) is 0 Å². The molecule has 0 aromatic heterocycles. The van der Waals surface area contributed by atoms with Gasteiger partial charge in [-0.3, -0.25) is 0 Å². The van der Waals surface area contributed by atoms with E-state index in [1.165, 1.54) is 5.56 Å². The van der Waals surface area contributed by atoms with Gasteiger partial charge in [-0.2, -0.15) is 0 Å². The highest BCUT2D eigenvalue weighted by molar-refractivity contribution is 5.31. The number of hydrogen-bond donors (Lipinski definition) is 2. The maximum absolute atomic E-state index is 9.35. The second-order valence-electron chi connectivity index (χ2n) is 3.06. The molecule has 2 heteroatoms. The summed E-state index contributed by atoms with van der Waals surface area (Å²) in [6, 6.07) is 5.78. The van der Waals surface area contributed by atoms with Crippen LogP contribution in [0.15, 0.2) is 18.2 Å². The molecule has 0 fully saturated rings. The van der Waals surface area contributed by atoms with E-state index < -0.39 is 6.10 Å². The standard InChI is InChI=1S/C10H14O2/c1-7-3-4-9(8(2)5-7)10(12)6-11/h3-5,10-12H,6H2,1-2H3/t10-/m1/s1. The molecular formula is C10H14O2. The van der Waals surface area contributed by atoms with Gasteiger partial charge in [0.1, 0.15) is 6.10 Å². The van der Waals surface area contributed by atoms with Crippen LogP contribution >= 0.6 is 0 Å². The lowest BCUT2D eigenvalue weighted by molar-refractivity contribution is 0.0951. The van der Waals surface area contributed by atoms with Crippen LogP contribution in [-0.2, 0) is 0 Å². The molecule has 1 atom stereocenters. The highest BCUT2D eigenvalue weighted by Crippen LogP contribution is 2.17. The zero-order valence-electron chi connectivity index (χ0n) is 7.41. The third-order valence-electron chi connectivity index (χ3n) is 1.96. The number of aliphatic hydroxyl groups excluding tert-OH is 2. The molecule has 0 saturated heterocycles. The summed E-state index contributed by atoms with van der Waals surface area (Å²) < 4.78 is 0. The lowest BCUT2D eigenvalue weighted by Gasteiger charge is -2.10. The molecule has 0 unspecified atom stereocenters. The predicted molar refractivity (Wildman–Crippen MR) is 48.0 cm³/mol. The van der Waals surface area contributed by atoms with Crippen molar-refractivity contribution in [3.63, 3.8) is 0 Å². The topological polar surface area (TPSA) is 40.5 Å². The third kappa shape index (κ3) is 1.84. The normalized spacial score (nSPS) is 13.0. The van der Waals surface area contributed by atoms with Crippen LogP contribution in [0, 0.1) is 13.8 Å². The van der Waals surface area contributed by atoms with E-state index in [0.717, 1.165) is 11.1 Å². The van der Waals surface area contributed by atoms with Crippen LogP contribution in [0.4, 0.5) is 0 Å². The van der Waals surface area contributed by atoms with Crippen molar-refractivity contribution < 1.29 is 10.2 Å². The zero-order chi connectivity index (χ0) is 9.14. The van der Waals surface area contributed by atoms with Crippen molar-refractivity contribution in [1.82, 2.24) is 0 Å². The molecule has 1 aromatic carbocycles. The van der Waals surface area contributed by atoms with Crippen molar-refractivity contribution in [2.45, 2.75) is 20.0 Å². The number of benzene rings is 1. The molecule has 66 valence electrons. The average Bonchev–Trinajstić information content (AvgIpc) is 2.03. The summed E-state index contributed by atoms with van der Waals surface area (Å²) >= 11 is 0. The van der Waals surface area contributed by atoms with E-state index in [1.54, 1.807) is 0 Å². The van der Waals surface area contributed by atoms with E-state index in [2.05, 4.69) is 0 Å². The van der Waals surface area contributed by atoms with Crippen LogP contribution in [0.5, 0.6) is 0 Å². The van der Waals surface area contributed by atoms with E-state index in [1.807, 2.05) is 32.0 Å². The van der Waals surface area contributed by atoms with Crippen molar-refractivity contribution in [3.05, 3.63) is 34.9 Å². The summed E-state index contributed by atoms with van der Waals surface area (Å²) in [7, 11) is 0. The largest absolute Gasteiger partial charge is 0.393 e. The molecule has 0 amide bonds. The van der Waals surface area contributed by atoms with E-state index in [4.69, 9.17) is 5.11 Å². The van der Waals surface area contributed by atoms with Gasteiger partial charge in [0.2, 0.25) is 0 Å². The zero-order valence-corrected chi connectivity index (χ0v) is 7.41. The Morgan fingerprint density at radius 1 is 1.33 bits per heavy atom.